The van der Waals surface area contributed by atoms with E-state index < -0.39 is 6.10 Å². The van der Waals surface area contributed by atoms with Crippen LogP contribution < -0.4 is 20.1 Å². The molecule has 0 aliphatic heterocycles. The van der Waals surface area contributed by atoms with Crippen molar-refractivity contribution in [2.24, 2.45) is 4.99 Å². The molecular formula is C19H26N4O3. The van der Waals surface area contributed by atoms with E-state index in [9.17, 15) is 5.11 Å². The van der Waals surface area contributed by atoms with E-state index in [1.165, 1.54) is 0 Å². The molecule has 2 aromatic rings. The number of hydrogen-bond acceptors (Lipinski definition) is 5. The maximum Gasteiger partial charge on any atom is 0.195 e. The van der Waals surface area contributed by atoms with Crippen molar-refractivity contribution in [3.8, 4) is 11.5 Å². The fraction of sp³-hybridized carbons (Fsp3) is 0.368. The van der Waals surface area contributed by atoms with Crippen molar-refractivity contribution in [1.82, 2.24) is 10.3 Å². The summed E-state index contributed by atoms with van der Waals surface area (Å²) in [5.41, 5.74) is 1.59. The minimum atomic E-state index is -0.691. The molecule has 0 bridgehead atoms. The van der Waals surface area contributed by atoms with Crippen LogP contribution in [-0.4, -0.2) is 42.9 Å². The SMILES string of the molecule is CCNC(=NCC(O)c1ccncc1)Nc1ccc(OC)c(OCC)c1. The number of guanidine groups is 1. The molecule has 3 N–H and O–H groups in total. The first kappa shape index (κ1) is 19.5. The lowest BCUT2D eigenvalue weighted by Gasteiger charge is -2.15. The molecule has 0 radical (unpaired) electrons. The first-order valence-corrected chi connectivity index (χ1v) is 8.62. The standard InChI is InChI=1S/C19H26N4O3/c1-4-21-19(22-13-16(24)14-8-10-20-11-9-14)23-15-6-7-17(25-3)18(12-15)26-5-2/h6-12,16,24H,4-5,13H2,1-3H3,(H2,21,22,23). The molecule has 0 amide bonds. The third-order valence-electron chi connectivity index (χ3n) is 3.58. The number of hydrogen-bond donors (Lipinski definition) is 3. The summed E-state index contributed by atoms with van der Waals surface area (Å²) >= 11 is 0. The highest BCUT2D eigenvalue weighted by Crippen LogP contribution is 2.30. The minimum Gasteiger partial charge on any atom is -0.493 e. The lowest BCUT2D eigenvalue weighted by molar-refractivity contribution is 0.187. The van der Waals surface area contributed by atoms with E-state index in [-0.39, 0.29) is 6.54 Å². The Kier molecular flexibility index (Phi) is 7.70. The summed E-state index contributed by atoms with van der Waals surface area (Å²) < 4.78 is 10.9. The quantitative estimate of drug-likeness (QED) is 0.497. The van der Waals surface area contributed by atoms with Crippen LogP contribution in [0.2, 0.25) is 0 Å². The lowest BCUT2D eigenvalue weighted by atomic mass is 10.1. The Labute approximate surface area is 154 Å². The van der Waals surface area contributed by atoms with Crippen LogP contribution in [0.25, 0.3) is 0 Å². The van der Waals surface area contributed by atoms with Crippen molar-refractivity contribution in [3.05, 3.63) is 48.3 Å². The molecule has 140 valence electrons. The summed E-state index contributed by atoms with van der Waals surface area (Å²) in [4.78, 5) is 8.41. The van der Waals surface area contributed by atoms with Crippen LogP contribution in [0.15, 0.2) is 47.7 Å². The molecule has 0 saturated heterocycles. The maximum atomic E-state index is 10.3. The van der Waals surface area contributed by atoms with Gasteiger partial charge < -0.3 is 25.2 Å². The fourth-order valence-corrected chi connectivity index (χ4v) is 2.34. The van der Waals surface area contributed by atoms with Crippen molar-refractivity contribution in [3.63, 3.8) is 0 Å². The lowest BCUT2D eigenvalue weighted by Crippen LogP contribution is -2.31. The molecule has 26 heavy (non-hydrogen) atoms. The highest BCUT2D eigenvalue weighted by molar-refractivity contribution is 5.93. The number of aliphatic hydroxyl groups is 1. The molecule has 0 saturated carbocycles. The van der Waals surface area contributed by atoms with Crippen molar-refractivity contribution >= 4 is 11.6 Å². The normalized spacial score (nSPS) is 12.4. The molecule has 1 aromatic carbocycles. The third-order valence-corrected chi connectivity index (χ3v) is 3.58. The number of aliphatic hydroxyl groups excluding tert-OH is 1. The zero-order valence-electron chi connectivity index (χ0n) is 15.4. The predicted octanol–water partition coefficient (Wildman–Crippen LogP) is 2.60. The molecule has 7 heteroatoms. The number of nitrogens with zero attached hydrogens (tertiary/aromatic N) is 2. The van der Waals surface area contributed by atoms with Gasteiger partial charge in [0.25, 0.3) is 0 Å². The van der Waals surface area contributed by atoms with E-state index in [1.807, 2.05) is 32.0 Å². The Morgan fingerprint density at radius 1 is 1.19 bits per heavy atom. The molecule has 0 aliphatic rings. The smallest absolute Gasteiger partial charge is 0.195 e. The molecule has 0 fully saturated rings. The average molecular weight is 358 g/mol. The van der Waals surface area contributed by atoms with E-state index in [2.05, 4.69) is 20.6 Å². The van der Waals surface area contributed by atoms with Crippen LogP contribution in [0.4, 0.5) is 5.69 Å². The van der Waals surface area contributed by atoms with Gasteiger partial charge in [-0.05, 0) is 43.7 Å². The van der Waals surface area contributed by atoms with Crippen molar-refractivity contribution < 1.29 is 14.6 Å². The van der Waals surface area contributed by atoms with Crippen LogP contribution in [0.1, 0.15) is 25.5 Å². The number of aliphatic imine (C=N–C) groups is 1. The second-order valence-corrected chi connectivity index (χ2v) is 5.44. The van der Waals surface area contributed by atoms with Gasteiger partial charge >= 0.3 is 0 Å². The average Bonchev–Trinajstić information content (AvgIpc) is 2.67. The highest BCUT2D eigenvalue weighted by atomic mass is 16.5. The van der Waals surface area contributed by atoms with Gasteiger partial charge in [-0.1, -0.05) is 0 Å². The molecule has 7 nitrogen and oxygen atoms in total. The minimum absolute atomic E-state index is 0.230. The Balaban J connectivity index is 2.10. The molecule has 1 unspecified atom stereocenters. The molecule has 1 heterocycles. The van der Waals surface area contributed by atoms with Gasteiger partial charge in [-0.2, -0.15) is 0 Å². The van der Waals surface area contributed by atoms with Crippen LogP contribution in [-0.2, 0) is 0 Å². The van der Waals surface area contributed by atoms with E-state index in [0.717, 1.165) is 11.3 Å². The summed E-state index contributed by atoms with van der Waals surface area (Å²) in [6.07, 6.45) is 2.61. The number of rotatable bonds is 8. The van der Waals surface area contributed by atoms with Gasteiger partial charge in [0.2, 0.25) is 0 Å². The summed E-state index contributed by atoms with van der Waals surface area (Å²) in [6, 6.07) is 9.13. The summed E-state index contributed by atoms with van der Waals surface area (Å²) in [6.45, 7) is 5.38. The Morgan fingerprint density at radius 3 is 2.62 bits per heavy atom. The van der Waals surface area contributed by atoms with Crippen molar-refractivity contribution in [1.29, 1.82) is 0 Å². The predicted molar refractivity (Wildman–Crippen MR) is 103 cm³/mol. The third kappa shape index (κ3) is 5.63. The van der Waals surface area contributed by atoms with Crippen molar-refractivity contribution in [2.75, 3.05) is 32.1 Å². The van der Waals surface area contributed by atoms with Gasteiger partial charge in [0.15, 0.2) is 17.5 Å². The monoisotopic (exact) mass is 358 g/mol. The maximum absolute atomic E-state index is 10.3. The van der Waals surface area contributed by atoms with Gasteiger partial charge in [-0.3, -0.25) is 4.98 Å². The van der Waals surface area contributed by atoms with E-state index >= 15 is 0 Å². The first-order valence-electron chi connectivity index (χ1n) is 8.62. The first-order chi connectivity index (χ1) is 12.7. The van der Waals surface area contributed by atoms with Crippen molar-refractivity contribution in [2.45, 2.75) is 20.0 Å². The van der Waals surface area contributed by atoms with E-state index in [0.29, 0.717) is 30.6 Å². The Hall–Kier alpha value is -2.80. The number of nitrogens with one attached hydrogen (secondary N) is 2. The Morgan fingerprint density at radius 2 is 1.96 bits per heavy atom. The number of methoxy groups -OCH3 is 1. The van der Waals surface area contributed by atoms with Crippen LogP contribution in [0, 0.1) is 0 Å². The Bertz CT molecular complexity index is 707. The second kappa shape index (κ2) is 10.2. The van der Waals surface area contributed by atoms with Gasteiger partial charge in [-0.25, -0.2) is 4.99 Å². The van der Waals surface area contributed by atoms with Gasteiger partial charge in [0, 0.05) is 30.7 Å². The zero-order chi connectivity index (χ0) is 18.8. The van der Waals surface area contributed by atoms with E-state index in [4.69, 9.17) is 9.47 Å². The molecule has 1 atom stereocenters. The highest BCUT2D eigenvalue weighted by Gasteiger charge is 2.09. The molecule has 2 rings (SSSR count). The fourth-order valence-electron chi connectivity index (χ4n) is 2.34. The van der Waals surface area contributed by atoms with Crippen LogP contribution in [0.3, 0.4) is 0 Å². The van der Waals surface area contributed by atoms with Crippen LogP contribution in [0.5, 0.6) is 11.5 Å². The molecule has 0 spiro atoms. The number of aromatic nitrogens is 1. The number of ether oxygens (including phenoxy) is 2. The topological polar surface area (TPSA) is 88.0 Å². The largest absolute Gasteiger partial charge is 0.493 e. The second-order valence-electron chi connectivity index (χ2n) is 5.44. The van der Waals surface area contributed by atoms with E-state index in [1.54, 1.807) is 31.6 Å². The summed E-state index contributed by atoms with van der Waals surface area (Å²) in [5.74, 6) is 1.91. The summed E-state index contributed by atoms with van der Waals surface area (Å²) in [5, 5.41) is 16.6. The molecule has 0 aliphatic carbocycles. The molecular weight excluding hydrogens is 332 g/mol. The number of anilines is 1. The zero-order valence-corrected chi connectivity index (χ0v) is 15.4. The van der Waals surface area contributed by atoms with Gasteiger partial charge in [0.05, 0.1) is 26.4 Å². The number of benzene rings is 1. The van der Waals surface area contributed by atoms with Gasteiger partial charge in [-0.15, -0.1) is 0 Å². The summed E-state index contributed by atoms with van der Waals surface area (Å²) in [7, 11) is 1.61. The number of pyridine rings is 1. The molecule has 1 aromatic heterocycles. The van der Waals surface area contributed by atoms with Crippen LogP contribution >= 0.6 is 0 Å². The van der Waals surface area contributed by atoms with Gasteiger partial charge in [0.1, 0.15) is 0 Å².